The maximum absolute atomic E-state index is 12.3. The number of rotatable bonds is 5. The van der Waals surface area contributed by atoms with Gasteiger partial charge in [-0.25, -0.2) is 27.2 Å². The molecular weight excluding hydrogens is 366 g/mol. The van der Waals surface area contributed by atoms with Crippen LogP contribution in [0.3, 0.4) is 0 Å². The lowest BCUT2D eigenvalue weighted by atomic mass is 9.99. The van der Waals surface area contributed by atoms with Crippen molar-refractivity contribution in [1.29, 1.82) is 0 Å². The highest BCUT2D eigenvalue weighted by atomic mass is 32.2. The number of furan rings is 1. The van der Waals surface area contributed by atoms with E-state index in [1.807, 2.05) is 22.9 Å². The molecule has 0 saturated carbocycles. The zero-order chi connectivity index (χ0) is 18.0. The predicted molar refractivity (Wildman–Crippen MR) is 91.9 cm³/mol. The molecule has 3 heterocycles. The summed E-state index contributed by atoms with van der Waals surface area (Å²) in [6.45, 7) is 0.227. The summed E-state index contributed by atoms with van der Waals surface area (Å²) in [5, 5.41) is 6.59. The fourth-order valence-electron chi connectivity index (χ4n) is 2.64. The second-order valence-corrected chi connectivity index (χ2v) is 8.27. The zero-order valence-corrected chi connectivity index (χ0v) is 15.0. The Labute approximate surface area is 149 Å². The number of nitrogens with one attached hydrogen (secondary N) is 1. The summed E-state index contributed by atoms with van der Waals surface area (Å²) in [5.41, 5.74) is 0.991. The van der Waals surface area contributed by atoms with Crippen LogP contribution in [-0.2, 0) is 10.0 Å². The van der Waals surface area contributed by atoms with Crippen molar-refractivity contribution >= 4 is 33.4 Å². The van der Waals surface area contributed by atoms with Gasteiger partial charge < -0.3 is 9.73 Å². The van der Waals surface area contributed by atoms with Gasteiger partial charge in [0.2, 0.25) is 10.0 Å². The summed E-state index contributed by atoms with van der Waals surface area (Å²) < 4.78 is 29.2. The third-order valence-corrected chi connectivity index (χ3v) is 5.75. The highest BCUT2D eigenvalue weighted by Crippen LogP contribution is 2.26. The van der Waals surface area contributed by atoms with E-state index in [4.69, 9.17) is 4.42 Å². The summed E-state index contributed by atoms with van der Waals surface area (Å²) in [6, 6.07) is 4.08. The van der Waals surface area contributed by atoms with Gasteiger partial charge in [0, 0.05) is 6.54 Å². The average molecular weight is 383 g/mol. The van der Waals surface area contributed by atoms with Gasteiger partial charge in [0.25, 0.3) is 0 Å². The first-order chi connectivity index (χ1) is 11.9. The van der Waals surface area contributed by atoms with Crippen molar-refractivity contribution in [2.45, 2.75) is 5.92 Å². The molecule has 1 unspecified atom stereocenters. The van der Waals surface area contributed by atoms with E-state index in [-0.39, 0.29) is 25.6 Å². The maximum atomic E-state index is 12.3. The van der Waals surface area contributed by atoms with Crippen LogP contribution in [0.15, 0.2) is 39.6 Å². The summed E-state index contributed by atoms with van der Waals surface area (Å²) in [7, 11) is -3.67. The molecule has 2 aromatic rings. The number of carbonyl (C=O) groups is 2. The van der Waals surface area contributed by atoms with Gasteiger partial charge in [-0.15, -0.1) is 0 Å². The van der Waals surface area contributed by atoms with E-state index < -0.39 is 22.1 Å². The topological polar surface area (TPSA) is 99.9 Å². The van der Waals surface area contributed by atoms with Crippen molar-refractivity contribution in [3.8, 4) is 0 Å². The summed E-state index contributed by atoms with van der Waals surface area (Å²) in [4.78, 5) is 25.3. The van der Waals surface area contributed by atoms with Gasteiger partial charge in [-0.2, -0.15) is 11.3 Å². The molecule has 1 fully saturated rings. The van der Waals surface area contributed by atoms with Crippen molar-refractivity contribution < 1.29 is 22.4 Å². The first-order valence-electron chi connectivity index (χ1n) is 7.50. The Bertz CT molecular complexity index is 812. The molecule has 1 saturated heterocycles. The van der Waals surface area contributed by atoms with E-state index in [1.165, 1.54) is 11.3 Å². The molecule has 0 aromatic carbocycles. The van der Waals surface area contributed by atoms with Gasteiger partial charge in [-0.05, 0) is 34.5 Å². The van der Waals surface area contributed by atoms with Crippen LogP contribution in [0.4, 0.5) is 9.59 Å². The number of carbonyl (C=O) groups excluding carboxylic acids is 2. The molecule has 0 radical (unpaired) electrons. The van der Waals surface area contributed by atoms with Crippen LogP contribution in [0.25, 0.3) is 0 Å². The monoisotopic (exact) mass is 383 g/mol. The minimum absolute atomic E-state index is 0.0294. The molecular formula is C15H17N3O5S2. The number of sulfonamides is 1. The smallest absolute Gasteiger partial charge is 0.341 e. The van der Waals surface area contributed by atoms with Gasteiger partial charge in [-0.3, -0.25) is 0 Å². The van der Waals surface area contributed by atoms with Crippen molar-refractivity contribution in [2.75, 3.05) is 25.9 Å². The number of imide groups is 1. The molecule has 1 aliphatic heterocycles. The molecule has 134 valence electrons. The highest BCUT2D eigenvalue weighted by molar-refractivity contribution is 7.88. The minimum atomic E-state index is -3.67. The molecule has 25 heavy (non-hydrogen) atoms. The van der Waals surface area contributed by atoms with Gasteiger partial charge in [0.05, 0.1) is 31.5 Å². The molecule has 2 aromatic heterocycles. The van der Waals surface area contributed by atoms with E-state index in [0.29, 0.717) is 10.1 Å². The van der Waals surface area contributed by atoms with Crippen LogP contribution in [0.5, 0.6) is 0 Å². The molecule has 3 rings (SSSR count). The molecule has 1 atom stereocenters. The normalized spacial score (nSPS) is 16.3. The number of hydrogen-bond acceptors (Lipinski definition) is 6. The lowest BCUT2D eigenvalue weighted by molar-refractivity contribution is 0.193. The SMILES string of the molecule is CS(=O)(=O)N1CCN(C(=O)NCC(c2ccsc2)c2ccco2)C1=O. The highest BCUT2D eigenvalue weighted by Gasteiger charge is 2.38. The van der Waals surface area contributed by atoms with Crippen LogP contribution >= 0.6 is 11.3 Å². The number of thiophene rings is 1. The van der Waals surface area contributed by atoms with Gasteiger partial charge in [-0.1, -0.05) is 0 Å². The van der Waals surface area contributed by atoms with Gasteiger partial charge in [0.15, 0.2) is 0 Å². The molecule has 0 aliphatic carbocycles. The molecule has 10 heteroatoms. The molecule has 1 aliphatic rings. The number of nitrogens with zero attached hydrogens (tertiary/aromatic N) is 2. The van der Waals surface area contributed by atoms with E-state index in [1.54, 1.807) is 12.3 Å². The fraction of sp³-hybridized carbons (Fsp3) is 0.333. The van der Waals surface area contributed by atoms with E-state index >= 15 is 0 Å². The average Bonchev–Trinajstić information content (AvgIpc) is 3.28. The molecule has 0 spiro atoms. The van der Waals surface area contributed by atoms with Gasteiger partial charge in [0.1, 0.15) is 5.76 Å². The largest absolute Gasteiger partial charge is 0.469 e. The van der Waals surface area contributed by atoms with Crippen molar-refractivity contribution in [3.05, 3.63) is 46.5 Å². The third-order valence-electron chi connectivity index (χ3n) is 3.91. The number of amides is 4. The zero-order valence-electron chi connectivity index (χ0n) is 13.4. The van der Waals surface area contributed by atoms with Crippen LogP contribution in [-0.4, -0.2) is 55.6 Å². The van der Waals surface area contributed by atoms with Gasteiger partial charge >= 0.3 is 12.1 Å². The second-order valence-electron chi connectivity index (χ2n) is 5.58. The molecule has 1 N–H and O–H groups in total. The molecule has 4 amide bonds. The Balaban J connectivity index is 1.68. The van der Waals surface area contributed by atoms with E-state index in [0.717, 1.165) is 16.7 Å². The Morgan fingerprint density at radius 1 is 1.40 bits per heavy atom. The molecule has 0 bridgehead atoms. The van der Waals surface area contributed by atoms with Crippen LogP contribution in [0, 0.1) is 0 Å². The van der Waals surface area contributed by atoms with Crippen LogP contribution < -0.4 is 5.32 Å². The Hall–Kier alpha value is -2.33. The maximum Gasteiger partial charge on any atom is 0.341 e. The van der Waals surface area contributed by atoms with Crippen molar-refractivity contribution in [1.82, 2.24) is 14.5 Å². The second kappa shape index (κ2) is 6.89. The van der Waals surface area contributed by atoms with Crippen molar-refractivity contribution in [2.24, 2.45) is 0 Å². The Morgan fingerprint density at radius 3 is 2.76 bits per heavy atom. The summed E-state index contributed by atoms with van der Waals surface area (Å²) in [5.74, 6) is 0.512. The quantitative estimate of drug-likeness (QED) is 0.850. The Morgan fingerprint density at radius 2 is 2.20 bits per heavy atom. The van der Waals surface area contributed by atoms with Crippen LogP contribution in [0.1, 0.15) is 17.2 Å². The lowest BCUT2D eigenvalue weighted by Crippen LogP contribution is -2.44. The van der Waals surface area contributed by atoms with E-state index in [2.05, 4.69) is 5.32 Å². The number of hydrogen-bond donors (Lipinski definition) is 1. The summed E-state index contributed by atoms with van der Waals surface area (Å²) >= 11 is 1.54. The number of urea groups is 2. The lowest BCUT2D eigenvalue weighted by Gasteiger charge is -2.19. The minimum Gasteiger partial charge on any atom is -0.469 e. The van der Waals surface area contributed by atoms with Crippen molar-refractivity contribution in [3.63, 3.8) is 0 Å². The first-order valence-corrected chi connectivity index (χ1v) is 10.3. The van der Waals surface area contributed by atoms with Crippen LogP contribution in [0.2, 0.25) is 0 Å². The summed E-state index contributed by atoms with van der Waals surface area (Å²) in [6.07, 6.45) is 2.50. The van der Waals surface area contributed by atoms with E-state index in [9.17, 15) is 18.0 Å². The standard InChI is InChI=1S/C15H17N3O5S2/c1-25(21,22)18-6-5-17(15(18)20)14(19)16-9-12(11-4-8-24-10-11)13-3-2-7-23-13/h2-4,7-8,10,12H,5-6,9H2,1H3,(H,16,19). The fourth-order valence-corrected chi connectivity index (χ4v) is 4.15. The first kappa shape index (κ1) is 17.5. The Kier molecular flexibility index (Phi) is 4.82. The molecule has 8 nitrogen and oxygen atoms in total. The third kappa shape index (κ3) is 3.69. The predicted octanol–water partition coefficient (Wildman–Crippen LogP) is 1.88.